The second-order valence-corrected chi connectivity index (χ2v) is 10.5. The van der Waals surface area contributed by atoms with Crippen LogP contribution in [-0.2, 0) is 14.6 Å². The molecule has 180 valence electrons. The number of nitrogens with zero attached hydrogens (tertiary/aromatic N) is 4. The van der Waals surface area contributed by atoms with E-state index in [9.17, 15) is 17.6 Å². The Labute approximate surface area is 199 Å². The molecular formula is C24H27FN4O4S. The number of piperazine rings is 1. The van der Waals surface area contributed by atoms with Crippen LogP contribution < -0.4 is 9.80 Å². The second kappa shape index (κ2) is 9.99. The van der Waals surface area contributed by atoms with Crippen LogP contribution in [0.1, 0.15) is 22.8 Å². The molecule has 0 aliphatic carbocycles. The van der Waals surface area contributed by atoms with Crippen LogP contribution in [0.4, 0.5) is 15.8 Å². The normalized spacial score (nSPS) is 16.9. The number of amides is 1. The third kappa shape index (κ3) is 4.86. The highest BCUT2D eigenvalue weighted by molar-refractivity contribution is 7.91. The zero-order chi connectivity index (χ0) is 24.3. The summed E-state index contributed by atoms with van der Waals surface area (Å²) >= 11 is 0. The van der Waals surface area contributed by atoms with Crippen LogP contribution in [0.15, 0.2) is 41.3 Å². The summed E-state index contributed by atoms with van der Waals surface area (Å²) in [5.41, 5.74) is 1.73. The minimum atomic E-state index is -3.47. The van der Waals surface area contributed by atoms with Crippen molar-refractivity contribution in [1.82, 2.24) is 4.90 Å². The number of benzene rings is 2. The van der Waals surface area contributed by atoms with Crippen molar-refractivity contribution in [2.75, 3.05) is 68.0 Å². The van der Waals surface area contributed by atoms with Gasteiger partial charge in [-0.05, 0) is 36.4 Å². The molecule has 34 heavy (non-hydrogen) atoms. The van der Waals surface area contributed by atoms with Gasteiger partial charge in [0, 0.05) is 50.6 Å². The van der Waals surface area contributed by atoms with Crippen molar-refractivity contribution in [2.45, 2.75) is 11.8 Å². The van der Waals surface area contributed by atoms with Crippen molar-refractivity contribution in [1.29, 1.82) is 5.26 Å². The maximum Gasteiger partial charge on any atom is 0.256 e. The van der Waals surface area contributed by atoms with Crippen molar-refractivity contribution in [3.63, 3.8) is 0 Å². The molecule has 0 atom stereocenters. The van der Waals surface area contributed by atoms with E-state index in [0.717, 1.165) is 0 Å². The third-order valence-corrected chi connectivity index (χ3v) is 8.03. The molecule has 0 bridgehead atoms. The van der Waals surface area contributed by atoms with E-state index in [1.807, 2.05) is 11.0 Å². The number of ether oxygens (including phenoxy) is 1. The van der Waals surface area contributed by atoms with Crippen LogP contribution >= 0.6 is 0 Å². The van der Waals surface area contributed by atoms with Gasteiger partial charge in [-0.15, -0.1) is 0 Å². The predicted octanol–water partition coefficient (Wildman–Crippen LogP) is 2.29. The molecule has 0 N–H and O–H groups in total. The minimum Gasteiger partial charge on any atom is -0.378 e. The lowest BCUT2D eigenvalue weighted by Crippen LogP contribution is -2.49. The number of rotatable bonds is 5. The largest absolute Gasteiger partial charge is 0.378 e. The Morgan fingerprint density at radius 1 is 1.03 bits per heavy atom. The molecule has 4 rings (SSSR count). The van der Waals surface area contributed by atoms with E-state index < -0.39 is 15.7 Å². The van der Waals surface area contributed by atoms with Crippen molar-refractivity contribution in [3.05, 3.63) is 53.3 Å². The van der Waals surface area contributed by atoms with Crippen molar-refractivity contribution in [3.8, 4) is 6.07 Å². The first-order valence-corrected chi connectivity index (χ1v) is 12.9. The van der Waals surface area contributed by atoms with Crippen LogP contribution in [0.3, 0.4) is 0 Å². The molecule has 0 spiro atoms. The van der Waals surface area contributed by atoms with Gasteiger partial charge in [0.1, 0.15) is 11.9 Å². The van der Waals surface area contributed by atoms with Gasteiger partial charge in [-0.1, -0.05) is 6.92 Å². The smallest absolute Gasteiger partial charge is 0.256 e. The first kappa shape index (κ1) is 24.0. The summed E-state index contributed by atoms with van der Waals surface area (Å²) in [7, 11) is -3.47. The number of nitriles is 1. The quantitative estimate of drug-likeness (QED) is 0.640. The summed E-state index contributed by atoms with van der Waals surface area (Å²) in [6.07, 6.45) is 0. The summed E-state index contributed by atoms with van der Waals surface area (Å²) in [6, 6.07) is 11.1. The molecule has 2 fully saturated rings. The lowest BCUT2D eigenvalue weighted by atomic mass is 10.1. The fourth-order valence-corrected chi connectivity index (χ4v) is 5.16. The molecule has 10 heteroatoms. The van der Waals surface area contributed by atoms with E-state index in [2.05, 4.69) is 4.90 Å². The van der Waals surface area contributed by atoms with Gasteiger partial charge in [0.25, 0.3) is 5.91 Å². The van der Waals surface area contributed by atoms with E-state index in [4.69, 9.17) is 10.00 Å². The standard InChI is InChI=1S/C24H27FN4O4S/c1-2-34(31,32)20-5-6-23(28-11-13-33-14-12-28)21(16-20)24(30)29-9-7-27(8-10-29)19-4-3-18(17-26)22(25)15-19/h3-6,15-16H,2,7-14H2,1H3. The number of carbonyl (C=O) groups is 1. The first-order chi connectivity index (χ1) is 16.3. The number of hydrogen-bond acceptors (Lipinski definition) is 7. The van der Waals surface area contributed by atoms with Crippen LogP contribution in [-0.4, -0.2) is 77.5 Å². The van der Waals surface area contributed by atoms with Crippen LogP contribution in [0.25, 0.3) is 0 Å². The van der Waals surface area contributed by atoms with Crippen molar-refractivity contribution < 1.29 is 22.3 Å². The molecule has 1 amide bonds. The van der Waals surface area contributed by atoms with Gasteiger partial charge in [-0.25, -0.2) is 12.8 Å². The zero-order valence-corrected chi connectivity index (χ0v) is 19.9. The average Bonchev–Trinajstić information content (AvgIpc) is 2.88. The molecule has 8 nitrogen and oxygen atoms in total. The van der Waals surface area contributed by atoms with E-state index >= 15 is 0 Å². The Hall–Kier alpha value is -3.16. The van der Waals surface area contributed by atoms with Crippen molar-refractivity contribution >= 4 is 27.1 Å². The highest BCUT2D eigenvalue weighted by Gasteiger charge is 2.28. The van der Waals surface area contributed by atoms with Crippen LogP contribution in [0.5, 0.6) is 0 Å². The zero-order valence-electron chi connectivity index (χ0n) is 19.0. The fraction of sp³-hybridized carbons (Fsp3) is 0.417. The summed E-state index contributed by atoms with van der Waals surface area (Å²) in [6.45, 7) is 5.73. The van der Waals surface area contributed by atoms with Gasteiger partial charge in [-0.2, -0.15) is 5.26 Å². The van der Waals surface area contributed by atoms with Gasteiger partial charge in [0.05, 0.1) is 35.0 Å². The van der Waals surface area contributed by atoms with Gasteiger partial charge in [-0.3, -0.25) is 4.79 Å². The number of morpholine rings is 1. The number of sulfone groups is 1. The number of hydrogen-bond donors (Lipinski definition) is 0. The lowest BCUT2D eigenvalue weighted by molar-refractivity contribution is 0.0746. The van der Waals surface area contributed by atoms with Gasteiger partial charge in [0.2, 0.25) is 0 Å². The monoisotopic (exact) mass is 486 g/mol. The van der Waals surface area contributed by atoms with E-state index in [1.54, 1.807) is 30.0 Å². The molecule has 0 saturated carbocycles. The predicted molar refractivity (Wildman–Crippen MR) is 126 cm³/mol. The van der Waals surface area contributed by atoms with E-state index in [0.29, 0.717) is 69.4 Å². The maximum absolute atomic E-state index is 14.0. The Morgan fingerprint density at radius 2 is 1.74 bits per heavy atom. The van der Waals surface area contributed by atoms with Crippen LogP contribution in [0, 0.1) is 17.1 Å². The highest BCUT2D eigenvalue weighted by atomic mass is 32.2. The molecule has 2 heterocycles. The molecule has 2 aromatic rings. The fourth-order valence-electron chi connectivity index (χ4n) is 4.26. The maximum atomic E-state index is 14.0. The van der Waals surface area contributed by atoms with E-state index in [-0.39, 0.29) is 22.1 Å². The van der Waals surface area contributed by atoms with Crippen molar-refractivity contribution in [2.24, 2.45) is 0 Å². The lowest BCUT2D eigenvalue weighted by Gasteiger charge is -2.37. The molecule has 2 aromatic carbocycles. The molecule has 0 radical (unpaired) electrons. The molecular weight excluding hydrogens is 459 g/mol. The number of halogens is 1. The SMILES string of the molecule is CCS(=O)(=O)c1ccc(N2CCOCC2)c(C(=O)N2CCN(c3ccc(C#N)c(F)c3)CC2)c1. The Kier molecular flexibility index (Phi) is 7.05. The Balaban J connectivity index is 1.56. The second-order valence-electron chi connectivity index (χ2n) is 8.24. The number of carbonyl (C=O) groups excluding carboxylic acids is 1. The highest BCUT2D eigenvalue weighted by Crippen LogP contribution is 2.28. The third-order valence-electron chi connectivity index (χ3n) is 6.29. The summed E-state index contributed by atoms with van der Waals surface area (Å²) in [5.74, 6) is -0.833. The summed E-state index contributed by atoms with van der Waals surface area (Å²) < 4.78 is 44.5. The Bertz CT molecular complexity index is 1210. The minimum absolute atomic E-state index is 0.00452. The van der Waals surface area contributed by atoms with Gasteiger partial charge >= 0.3 is 0 Å². The molecule has 0 unspecified atom stereocenters. The summed E-state index contributed by atoms with van der Waals surface area (Å²) in [5, 5.41) is 8.93. The molecule has 0 aromatic heterocycles. The summed E-state index contributed by atoms with van der Waals surface area (Å²) in [4.78, 5) is 19.4. The molecule has 2 aliphatic rings. The van der Waals surface area contributed by atoms with E-state index in [1.165, 1.54) is 18.2 Å². The average molecular weight is 487 g/mol. The van der Waals surface area contributed by atoms with Gasteiger partial charge in [0.15, 0.2) is 9.84 Å². The Morgan fingerprint density at radius 3 is 2.35 bits per heavy atom. The topological polar surface area (TPSA) is 93.9 Å². The first-order valence-electron chi connectivity index (χ1n) is 11.3. The molecule has 2 saturated heterocycles. The van der Waals surface area contributed by atoms with Gasteiger partial charge < -0.3 is 19.4 Å². The van der Waals surface area contributed by atoms with Crippen LogP contribution in [0.2, 0.25) is 0 Å². The molecule has 2 aliphatic heterocycles. The number of anilines is 2.